The third-order valence-corrected chi connectivity index (χ3v) is 4.12. The van der Waals surface area contributed by atoms with E-state index in [0.717, 1.165) is 5.56 Å². The number of hydrogen-bond acceptors (Lipinski definition) is 6. The number of alkyl carbamates (subject to hydrolysis) is 1. The Labute approximate surface area is 201 Å². The Bertz CT molecular complexity index is 967. The number of carboxylic acids is 1. The number of amides is 3. The summed E-state index contributed by atoms with van der Waals surface area (Å²) in [6, 6.07) is 15.0. The maximum absolute atomic E-state index is 12.5. The standard InChI is InChI=1S/C21H23N3O6.C2H3ClO/c22-18(25)12-16(24-21(29)30-13-15-9-5-2-6-10-15)19(26)23-17(20(27)28)11-14-7-3-1-4-8-14;1-2(3)4/h1-10,16-17H,11-13H2,(H2,22,25)(H,23,26)(H,24,29)(H,27,28);1H3/t16-,17-;/m0./s1. The summed E-state index contributed by atoms with van der Waals surface area (Å²) in [6.45, 7) is 1.25. The van der Waals surface area contributed by atoms with Gasteiger partial charge in [-0.15, -0.1) is 0 Å². The molecule has 0 aromatic heterocycles. The van der Waals surface area contributed by atoms with Crippen molar-refractivity contribution in [1.29, 1.82) is 0 Å². The van der Waals surface area contributed by atoms with Gasteiger partial charge in [-0.3, -0.25) is 14.4 Å². The second kappa shape index (κ2) is 15.0. The summed E-state index contributed by atoms with van der Waals surface area (Å²) in [5, 5.41) is 13.7. The molecule has 11 heteroatoms. The first kappa shape index (κ1) is 28.1. The SMILES string of the molecule is CC(=O)Cl.NC(=O)C[C@H](NC(=O)OCc1ccccc1)C(=O)N[C@@H](Cc1ccccc1)C(=O)O. The van der Waals surface area contributed by atoms with Gasteiger partial charge < -0.3 is 26.2 Å². The third-order valence-electron chi connectivity index (χ3n) is 4.12. The number of benzene rings is 2. The Morgan fingerprint density at radius 3 is 1.88 bits per heavy atom. The van der Waals surface area contributed by atoms with Gasteiger partial charge in [0, 0.05) is 13.3 Å². The lowest BCUT2D eigenvalue weighted by molar-refractivity contribution is -0.142. The molecule has 0 heterocycles. The molecule has 0 bridgehead atoms. The van der Waals surface area contributed by atoms with Crippen LogP contribution >= 0.6 is 11.6 Å². The summed E-state index contributed by atoms with van der Waals surface area (Å²) < 4.78 is 5.04. The molecule has 2 aromatic rings. The molecule has 0 aliphatic rings. The smallest absolute Gasteiger partial charge is 0.408 e. The number of carbonyl (C=O) groups excluding carboxylic acids is 4. The van der Waals surface area contributed by atoms with Crippen LogP contribution in [0.25, 0.3) is 0 Å². The van der Waals surface area contributed by atoms with Gasteiger partial charge in [0.05, 0.1) is 6.42 Å². The van der Waals surface area contributed by atoms with Crippen molar-refractivity contribution in [2.45, 2.75) is 38.5 Å². The lowest BCUT2D eigenvalue weighted by Gasteiger charge is -2.20. The zero-order chi connectivity index (χ0) is 25.5. The molecule has 0 radical (unpaired) electrons. The average molecular weight is 492 g/mol. The summed E-state index contributed by atoms with van der Waals surface area (Å²) in [5.41, 5.74) is 6.59. The molecule has 34 heavy (non-hydrogen) atoms. The number of carbonyl (C=O) groups is 5. The van der Waals surface area contributed by atoms with E-state index in [4.69, 9.17) is 10.5 Å². The summed E-state index contributed by atoms with van der Waals surface area (Å²) in [5.74, 6) is -2.95. The van der Waals surface area contributed by atoms with Crippen LogP contribution < -0.4 is 16.4 Å². The quantitative estimate of drug-likeness (QED) is 0.367. The molecule has 3 amide bonds. The van der Waals surface area contributed by atoms with Crippen molar-refractivity contribution in [3.05, 3.63) is 71.8 Å². The Morgan fingerprint density at radius 2 is 1.41 bits per heavy atom. The Hall–Kier alpha value is -3.92. The first-order chi connectivity index (χ1) is 16.1. The molecular formula is C23H26ClN3O7. The maximum Gasteiger partial charge on any atom is 0.408 e. The molecule has 2 aromatic carbocycles. The summed E-state index contributed by atoms with van der Waals surface area (Å²) in [6.07, 6.45) is -1.41. The fourth-order valence-corrected chi connectivity index (χ4v) is 2.64. The zero-order valence-corrected chi connectivity index (χ0v) is 19.2. The van der Waals surface area contributed by atoms with Gasteiger partial charge in [0.1, 0.15) is 18.7 Å². The Balaban J connectivity index is 0.00000133. The number of nitrogens with two attached hydrogens (primary N) is 1. The number of carboxylic acid groups (broad SMARTS) is 1. The maximum atomic E-state index is 12.5. The van der Waals surface area contributed by atoms with Crippen LogP contribution in [0.3, 0.4) is 0 Å². The molecule has 0 fully saturated rings. The minimum atomic E-state index is -1.37. The number of primary amides is 1. The average Bonchev–Trinajstić information content (AvgIpc) is 2.77. The minimum absolute atomic E-state index is 0.0314. The van der Waals surface area contributed by atoms with E-state index in [1.807, 2.05) is 6.07 Å². The third kappa shape index (κ3) is 12.2. The molecule has 0 saturated heterocycles. The largest absolute Gasteiger partial charge is 0.480 e. The molecule has 0 aliphatic heterocycles. The zero-order valence-electron chi connectivity index (χ0n) is 18.4. The van der Waals surface area contributed by atoms with Crippen LogP contribution in [0.2, 0.25) is 0 Å². The van der Waals surface area contributed by atoms with E-state index in [-0.39, 0.29) is 18.3 Å². The van der Waals surface area contributed by atoms with Gasteiger partial charge in [-0.2, -0.15) is 0 Å². The monoisotopic (exact) mass is 491 g/mol. The van der Waals surface area contributed by atoms with E-state index in [2.05, 4.69) is 22.2 Å². The normalized spacial score (nSPS) is 11.6. The van der Waals surface area contributed by atoms with Crippen LogP contribution in [0, 0.1) is 0 Å². The van der Waals surface area contributed by atoms with Crippen LogP contribution in [0.1, 0.15) is 24.5 Å². The molecule has 0 aliphatic carbocycles. The van der Waals surface area contributed by atoms with Crippen LogP contribution in [0.5, 0.6) is 0 Å². The van der Waals surface area contributed by atoms with Crippen LogP contribution in [-0.2, 0) is 36.9 Å². The second-order valence-corrected chi connectivity index (χ2v) is 7.52. The number of hydrogen-bond donors (Lipinski definition) is 4. The van der Waals surface area contributed by atoms with Gasteiger partial charge in [0.15, 0.2) is 0 Å². The first-order valence-electron chi connectivity index (χ1n) is 10.1. The fraction of sp³-hybridized carbons (Fsp3) is 0.261. The predicted molar refractivity (Wildman–Crippen MR) is 124 cm³/mol. The number of ether oxygens (including phenoxy) is 1. The molecule has 0 saturated carbocycles. The van der Waals surface area contributed by atoms with Crippen LogP contribution in [0.4, 0.5) is 4.79 Å². The topological polar surface area (TPSA) is 165 Å². The highest BCUT2D eigenvalue weighted by Gasteiger charge is 2.28. The van der Waals surface area contributed by atoms with Gasteiger partial charge in [-0.1, -0.05) is 60.7 Å². The van der Waals surface area contributed by atoms with E-state index in [1.54, 1.807) is 54.6 Å². The fourth-order valence-electron chi connectivity index (χ4n) is 2.64. The predicted octanol–water partition coefficient (Wildman–Crippen LogP) is 1.74. The van der Waals surface area contributed by atoms with Crippen molar-refractivity contribution in [2.24, 2.45) is 5.73 Å². The van der Waals surface area contributed by atoms with Crippen LogP contribution in [0.15, 0.2) is 60.7 Å². The highest BCUT2D eigenvalue weighted by Crippen LogP contribution is 2.05. The lowest BCUT2D eigenvalue weighted by atomic mass is 10.1. The molecule has 10 nitrogen and oxygen atoms in total. The molecule has 2 rings (SSSR count). The number of halogens is 1. The minimum Gasteiger partial charge on any atom is -0.480 e. The van der Waals surface area contributed by atoms with Crippen molar-refractivity contribution < 1.29 is 33.8 Å². The molecule has 5 N–H and O–H groups in total. The number of nitrogens with one attached hydrogen (secondary N) is 2. The van der Waals surface area contributed by atoms with Gasteiger partial charge >= 0.3 is 12.1 Å². The van der Waals surface area contributed by atoms with Crippen LogP contribution in [-0.4, -0.2) is 46.3 Å². The highest BCUT2D eigenvalue weighted by molar-refractivity contribution is 6.62. The molecule has 182 valence electrons. The van der Waals surface area contributed by atoms with Crippen molar-refractivity contribution in [2.75, 3.05) is 0 Å². The van der Waals surface area contributed by atoms with Gasteiger partial charge in [-0.25, -0.2) is 9.59 Å². The lowest BCUT2D eigenvalue weighted by Crippen LogP contribution is -2.53. The molecular weight excluding hydrogens is 466 g/mol. The van der Waals surface area contributed by atoms with Crippen molar-refractivity contribution in [3.8, 4) is 0 Å². The van der Waals surface area contributed by atoms with E-state index in [0.29, 0.717) is 5.56 Å². The summed E-state index contributed by atoms with van der Waals surface area (Å²) in [7, 11) is 0. The summed E-state index contributed by atoms with van der Waals surface area (Å²) in [4.78, 5) is 56.7. The number of aliphatic carboxylic acids is 1. The van der Waals surface area contributed by atoms with E-state index < -0.39 is 42.4 Å². The van der Waals surface area contributed by atoms with E-state index >= 15 is 0 Å². The Morgan fingerprint density at radius 1 is 0.912 bits per heavy atom. The molecule has 0 spiro atoms. The van der Waals surface area contributed by atoms with Crippen molar-refractivity contribution in [3.63, 3.8) is 0 Å². The second-order valence-electron chi connectivity index (χ2n) is 6.99. The number of rotatable bonds is 10. The van der Waals surface area contributed by atoms with Crippen molar-refractivity contribution in [1.82, 2.24) is 10.6 Å². The molecule has 0 unspecified atom stereocenters. The van der Waals surface area contributed by atoms with E-state index in [9.17, 15) is 29.1 Å². The van der Waals surface area contributed by atoms with Gasteiger partial charge in [0.2, 0.25) is 17.1 Å². The molecule has 2 atom stereocenters. The van der Waals surface area contributed by atoms with Crippen molar-refractivity contribution >= 4 is 40.7 Å². The first-order valence-corrected chi connectivity index (χ1v) is 10.4. The van der Waals surface area contributed by atoms with Gasteiger partial charge in [-0.05, 0) is 22.7 Å². The Kier molecular flexibility index (Phi) is 12.4. The van der Waals surface area contributed by atoms with E-state index in [1.165, 1.54) is 6.92 Å². The van der Waals surface area contributed by atoms with Gasteiger partial charge in [0.25, 0.3) is 0 Å². The highest BCUT2D eigenvalue weighted by atomic mass is 35.5. The summed E-state index contributed by atoms with van der Waals surface area (Å²) >= 11 is 4.64.